The minimum Gasteiger partial charge on any atom is -0.486 e. The van der Waals surface area contributed by atoms with Crippen molar-refractivity contribution in [2.45, 2.75) is 46.3 Å². The fraction of sp³-hybridized carbons (Fsp3) is 0.308. The summed E-state index contributed by atoms with van der Waals surface area (Å²) >= 11 is 0. The van der Waals surface area contributed by atoms with Crippen molar-refractivity contribution in [1.29, 1.82) is 0 Å². The van der Waals surface area contributed by atoms with E-state index in [1.54, 1.807) is 18.2 Å². The Morgan fingerprint density at radius 3 is 2.47 bits per heavy atom. The van der Waals surface area contributed by atoms with Crippen LogP contribution in [0.2, 0.25) is 0 Å². The monoisotopic (exact) mass is 434 g/mol. The number of hydrogen-bond acceptors (Lipinski definition) is 6. The fourth-order valence-electron chi connectivity index (χ4n) is 3.05. The zero-order valence-electron chi connectivity index (χ0n) is 19.7. The molecule has 0 saturated carbocycles. The summed E-state index contributed by atoms with van der Waals surface area (Å²) in [5, 5.41) is 1.68. The van der Waals surface area contributed by atoms with Crippen LogP contribution in [-0.4, -0.2) is 28.3 Å². The van der Waals surface area contributed by atoms with E-state index in [-0.39, 0.29) is 6.10 Å². The highest BCUT2D eigenvalue weighted by molar-refractivity contribution is 5.65. The van der Waals surface area contributed by atoms with Crippen molar-refractivity contribution in [2.24, 2.45) is 0 Å². The van der Waals surface area contributed by atoms with Crippen molar-refractivity contribution in [3.8, 4) is 0 Å². The highest BCUT2D eigenvalue weighted by Gasteiger charge is 2.22. The van der Waals surface area contributed by atoms with Gasteiger partial charge in [-0.05, 0) is 76.6 Å². The third-order valence-electron chi connectivity index (χ3n) is 4.85. The lowest BCUT2D eigenvalue weighted by molar-refractivity contribution is -0.0512. The predicted molar refractivity (Wildman–Crippen MR) is 135 cm³/mol. The molecule has 0 saturated heterocycles. The van der Waals surface area contributed by atoms with E-state index in [1.165, 1.54) is 0 Å². The van der Waals surface area contributed by atoms with Gasteiger partial charge in [-0.2, -0.15) is 0 Å². The Labute approximate surface area is 190 Å². The number of hydrogen-bond donors (Lipinski definition) is 2. The van der Waals surface area contributed by atoms with E-state index in [0.29, 0.717) is 24.0 Å². The predicted octanol–water partition coefficient (Wildman–Crippen LogP) is 3.68. The molecule has 0 radical (unpaired) electrons. The maximum atomic E-state index is 6.10. The maximum absolute atomic E-state index is 6.10. The molecule has 1 unspecified atom stereocenters. The fourth-order valence-corrected chi connectivity index (χ4v) is 3.05. The first kappa shape index (κ1) is 24.9. The van der Waals surface area contributed by atoms with E-state index in [1.807, 2.05) is 65.0 Å². The van der Waals surface area contributed by atoms with E-state index in [0.717, 1.165) is 27.4 Å². The van der Waals surface area contributed by atoms with Crippen LogP contribution >= 0.6 is 0 Å². The van der Waals surface area contributed by atoms with Crippen LogP contribution in [0.1, 0.15) is 45.9 Å². The van der Waals surface area contributed by atoms with Gasteiger partial charge in [0.2, 0.25) is 0 Å². The van der Waals surface area contributed by atoms with Crippen LogP contribution in [-0.2, 0) is 9.47 Å². The third kappa shape index (κ3) is 7.10. The van der Waals surface area contributed by atoms with Crippen LogP contribution < -0.4 is 22.0 Å². The van der Waals surface area contributed by atoms with Gasteiger partial charge in [-0.25, -0.2) is 9.97 Å². The average Bonchev–Trinajstić information content (AvgIpc) is 2.73. The van der Waals surface area contributed by atoms with Gasteiger partial charge in [-0.1, -0.05) is 25.3 Å². The zero-order chi connectivity index (χ0) is 23.9. The first-order chi connectivity index (χ1) is 15.0. The molecule has 2 aromatic heterocycles. The Morgan fingerprint density at radius 2 is 1.81 bits per heavy atom. The summed E-state index contributed by atoms with van der Waals surface area (Å²) in [7, 11) is 0. The van der Waals surface area contributed by atoms with Crippen LogP contribution in [0.25, 0.3) is 24.3 Å². The molecular formula is C26H34N4O2. The maximum Gasteiger partial charge on any atom is 0.127 e. The zero-order valence-corrected chi connectivity index (χ0v) is 19.7. The number of ether oxygens (including phenoxy) is 2. The lowest BCUT2D eigenvalue weighted by Gasteiger charge is -2.28. The lowest BCUT2D eigenvalue weighted by atomic mass is 10.1. The summed E-state index contributed by atoms with van der Waals surface area (Å²) in [5.74, 6) is 1.47. The van der Waals surface area contributed by atoms with Gasteiger partial charge >= 0.3 is 0 Å². The normalized spacial score (nSPS) is 14.3. The summed E-state index contributed by atoms with van der Waals surface area (Å²) in [6, 6.07) is 7.35. The molecule has 1 atom stereocenters. The molecule has 170 valence electrons. The van der Waals surface area contributed by atoms with Crippen molar-refractivity contribution in [3.05, 3.63) is 70.6 Å². The molecule has 0 aliphatic heterocycles. The first-order valence-corrected chi connectivity index (χ1v) is 10.5. The first-order valence-electron chi connectivity index (χ1n) is 10.5. The van der Waals surface area contributed by atoms with Crippen molar-refractivity contribution in [2.75, 3.05) is 18.1 Å². The van der Waals surface area contributed by atoms with Gasteiger partial charge in [0.1, 0.15) is 23.0 Å². The molecular weight excluding hydrogens is 400 g/mol. The summed E-state index contributed by atoms with van der Waals surface area (Å²) in [4.78, 5) is 8.62. The van der Waals surface area contributed by atoms with Gasteiger partial charge in [-0.3, -0.25) is 0 Å². The number of nitrogens with two attached hydrogens (primary N) is 2. The smallest absolute Gasteiger partial charge is 0.127 e. The molecule has 4 N–H and O–H groups in total. The summed E-state index contributed by atoms with van der Waals surface area (Å²) in [6.07, 6.45) is 7.36. The molecule has 0 aliphatic carbocycles. The molecule has 2 heterocycles. The molecule has 6 heteroatoms. The average molecular weight is 435 g/mol. The van der Waals surface area contributed by atoms with E-state index in [9.17, 15) is 0 Å². The van der Waals surface area contributed by atoms with Crippen molar-refractivity contribution < 1.29 is 9.47 Å². The largest absolute Gasteiger partial charge is 0.486 e. The Bertz CT molecular complexity index is 1130. The van der Waals surface area contributed by atoms with Gasteiger partial charge in [-0.15, -0.1) is 0 Å². The molecule has 0 fully saturated rings. The van der Waals surface area contributed by atoms with Crippen molar-refractivity contribution in [3.63, 3.8) is 0 Å². The summed E-state index contributed by atoms with van der Waals surface area (Å²) in [6.45, 7) is 18.1. The van der Waals surface area contributed by atoms with Crippen molar-refractivity contribution >= 4 is 35.9 Å². The van der Waals surface area contributed by atoms with Crippen LogP contribution in [0.3, 0.4) is 0 Å². The minimum atomic E-state index is -0.575. The van der Waals surface area contributed by atoms with Crippen LogP contribution in [0.15, 0.2) is 48.8 Å². The summed E-state index contributed by atoms with van der Waals surface area (Å²) in [5.41, 5.74) is 13.7. The van der Waals surface area contributed by atoms with E-state index in [2.05, 4.69) is 23.1 Å². The van der Waals surface area contributed by atoms with E-state index >= 15 is 0 Å². The SMILES string of the molecule is C=Cc1nc(N)ccc1/C=C(\C)C(C)OCC(C)(C)OC(=C)/C=c1/ccc(N)n/c1=C/C. The summed E-state index contributed by atoms with van der Waals surface area (Å²) < 4.78 is 12.2. The number of nitrogens with zero attached hydrogens (tertiary/aromatic N) is 2. The lowest BCUT2D eigenvalue weighted by Crippen LogP contribution is -2.33. The van der Waals surface area contributed by atoms with E-state index in [4.69, 9.17) is 20.9 Å². The topological polar surface area (TPSA) is 96.3 Å². The molecule has 6 nitrogen and oxygen atoms in total. The van der Waals surface area contributed by atoms with Crippen molar-refractivity contribution in [1.82, 2.24) is 9.97 Å². The van der Waals surface area contributed by atoms with Crippen LogP contribution in [0, 0.1) is 0 Å². The Balaban J connectivity index is 2.05. The molecule has 2 rings (SSSR count). The number of nitrogen functional groups attached to an aromatic ring is 2. The van der Waals surface area contributed by atoms with E-state index < -0.39 is 5.60 Å². The van der Waals surface area contributed by atoms with Gasteiger partial charge < -0.3 is 20.9 Å². The third-order valence-corrected chi connectivity index (χ3v) is 4.85. The van der Waals surface area contributed by atoms with Gasteiger partial charge in [0.25, 0.3) is 0 Å². The highest BCUT2D eigenvalue weighted by Crippen LogP contribution is 2.20. The van der Waals surface area contributed by atoms with Gasteiger partial charge in [0, 0.05) is 10.8 Å². The molecule has 0 amide bonds. The molecule has 2 aromatic rings. The number of anilines is 2. The second-order valence-corrected chi connectivity index (χ2v) is 8.23. The Kier molecular flexibility index (Phi) is 8.38. The highest BCUT2D eigenvalue weighted by atomic mass is 16.5. The van der Waals surface area contributed by atoms with Gasteiger partial charge in [0.15, 0.2) is 0 Å². The Morgan fingerprint density at radius 1 is 1.16 bits per heavy atom. The standard InChI is InChI=1S/C26H34N4O2/c1-8-22-20(10-12-24(27)29-22)14-17(3)19(5)31-16-26(6,7)32-18(4)15-21-11-13-25(28)30-23(21)9-2/h8-15,19H,1,4,16H2,2-3,5-7H3,(H2,27,29)(H2,28,30)/b17-14+,21-15-,23-9+. The Hall–Kier alpha value is -3.38. The number of aromatic nitrogens is 2. The molecule has 0 spiro atoms. The molecule has 0 aliphatic rings. The minimum absolute atomic E-state index is 0.118. The second kappa shape index (κ2) is 10.8. The van der Waals surface area contributed by atoms with Crippen LogP contribution in [0.5, 0.6) is 0 Å². The number of allylic oxidation sites excluding steroid dienone is 1. The molecule has 32 heavy (non-hydrogen) atoms. The molecule has 0 bridgehead atoms. The van der Waals surface area contributed by atoms with Crippen LogP contribution in [0.4, 0.5) is 11.6 Å². The van der Waals surface area contributed by atoms with Gasteiger partial charge in [0.05, 0.1) is 23.8 Å². The number of pyridine rings is 2. The number of rotatable bonds is 9. The quantitative estimate of drug-likeness (QED) is 0.585. The molecule has 0 aromatic carbocycles. The second-order valence-electron chi connectivity index (χ2n) is 8.23.